The van der Waals surface area contributed by atoms with Crippen LogP contribution >= 0.6 is 0 Å². The highest BCUT2D eigenvalue weighted by atomic mass is 19.4. The molecule has 1 aromatic carbocycles. The molecule has 0 spiro atoms. The Morgan fingerprint density at radius 2 is 1.67 bits per heavy atom. The quantitative estimate of drug-likeness (QED) is 0.786. The van der Waals surface area contributed by atoms with Crippen LogP contribution in [0.5, 0.6) is 17.2 Å². The van der Waals surface area contributed by atoms with Crippen molar-refractivity contribution in [2.75, 3.05) is 14.2 Å². The van der Waals surface area contributed by atoms with E-state index in [4.69, 9.17) is 9.47 Å². The normalized spacial score (nSPS) is 11.0. The third-order valence-corrected chi connectivity index (χ3v) is 1.60. The van der Waals surface area contributed by atoms with E-state index in [1.807, 2.05) is 0 Å². The van der Waals surface area contributed by atoms with Gasteiger partial charge in [0.15, 0.2) is 11.5 Å². The molecule has 15 heavy (non-hydrogen) atoms. The predicted molar refractivity (Wildman–Crippen MR) is 46.2 cm³/mol. The summed E-state index contributed by atoms with van der Waals surface area (Å²) in [5.41, 5.74) is 0. The summed E-state index contributed by atoms with van der Waals surface area (Å²) in [6.45, 7) is 0. The van der Waals surface area contributed by atoms with E-state index in [2.05, 4.69) is 4.74 Å². The SMILES string of the molecule is COc1ccc(OC)c(OC(F)(F)F)c1. The van der Waals surface area contributed by atoms with Crippen molar-refractivity contribution in [3.05, 3.63) is 18.2 Å². The molecular weight excluding hydrogens is 213 g/mol. The molecule has 0 amide bonds. The van der Waals surface area contributed by atoms with Crippen LogP contribution in [-0.2, 0) is 0 Å². The number of methoxy groups -OCH3 is 2. The van der Waals surface area contributed by atoms with Crippen molar-refractivity contribution in [1.29, 1.82) is 0 Å². The number of benzene rings is 1. The Labute approximate surface area is 84.4 Å². The summed E-state index contributed by atoms with van der Waals surface area (Å²) in [4.78, 5) is 0. The Hall–Kier alpha value is -1.59. The van der Waals surface area contributed by atoms with Gasteiger partial charge < -0.3 is 14.2 Å². The first-order valence-electron chi connectivity index (χ1n) is 3.94. The lowest BCUT2D eigenvalue weighted by molar-refractivity contribution is -0.275. The van der Waals surface area contributed by atoms with Gasteiger partial charge in [-0.2, -0.15) is 0 Å². The average molecular weight is 222 g/mol. The number of hydrogen-bond acceptors (Lipinski definition) is 3. The van der Waals surface area contributed by atoms with Gasteiger partial charge in [0.1, 0.15) is 5.75 Å². The smallest absolute Gasteiger partial charge is 0.497 e. The molecule has 0 N–H and O–H groups in total. The van der Waals surface area contributed by atoms with Crippen LogP contribution in [0.4, 0.5) is 13.2 Å². The molecule has 0 atom stereocenters. The van der Waals surface area contributed by atoms with E-state index in [9.17, 15) is 13.2 Å². The summed E-state index contributed by atoms with van der Waals surface area (Å²) in [6.07, 6.45) is -4.75. The van der Waals surface area contributed by atoms with Crippen LogP contribution in [0.3, 0.4) is 0 Å². The van der Waals surface area contributed by atoms with Gasteiger partial charge in [-0.15, -0.1) is 13.2 Å². The topological polar surface area (TPSA) is 27.7 Å². The maximum absolute atomic E-state index is 12.0. The van der Waals surface area contributed by atoms with Crippen LogP contribution in [-0.4, -0.2) is 20.6 Å². The van der Waals surface area contributed by atoms with E-state index >= 15 is 0 Å². The summed E-state index contributed by atoms with van der Waals surface area (Å²) in [5.74, 6) is -0.174. The molecule has 6 heteroatoms. The van der Waals surface area contributed by atoms with Crippen LogP contribution in [0.2, 0.25) is 0 Å². The number of alkyl halides is 3. The number of rotatable bonds is 3. The minimum atomic E-state index is -4.75. The first kappa shape index (κ1) is 11.5. The first-order valence-corrected chi connectivity index (χ1v) is 3.94. The molecule has 0 bridgehead atoms. The van der Waals surface area contributed by atoms with Crippen molar-refractivity contribution < 1.29 is 27.4 Å². The molecule has 0 saturated heterocycles. The molecule has 0 aromatic heterocycles. The van der Waals surface area contributed by atoms with Gasteiger partial charge in [0.25, 0.3) is 0 Å². The van der Waals surface area contributed by atoms with Gasteiger partial charge in [0, 0.05) is 6.07 Å². The van der Waals surface area contributed by atoms with E-state index in [0.717, 1.165) is 6.07 Å². The standard InChI is InChI=1S/C9H9F3O3/c1-13-6-3-4-7(14-2)8(5-6)15-9(10,11)12/h3-5H,1-2H3. The third-order valence-electron chi connectivity index (χ3n) is 1.60. The zero-order valence-corrected chi connectivity index (χ0v) is 8.09. The molecule has 84 valence electrons. The zero-order valence-electron chi connectivity index (χ0n) is 8.09. The Kier molecular flexibility index (Phi) is 3.28. The third kappa shape index (κ3) is 3.23. The van der Waals surface area contributed by atoms with E-state index in [1.165, 1.54) is 26.4 Å². The minimum Gasteiger partial charge on any atom is -0.497 e. The highest BCUT2D eigenvalue weighted by Gasteiger charge is 2.32. The monoisotopic (exact) mass is 222 g/mol. The van der Waals surface area contributed by atoms with Crippen LogP contribution in [0.25, 0.3) is 0 Å². The fraction of sp³-hybridized carbons (Fsp3) is 0.333. The molecule has 0 saturated carbocycles. The molecule has 3 nitrogen and oxygen atoms in total. The fourth-order valence-electron chi connectivity index (χ4n) is 0.988. The molecule has 1 rings (SSSR count). The molecule has 0 radical (unpaired) electrons. The molecule has 1 aromatic rings. The second kappa shape index (κ2) is 4.29. The molecule has 0 heterocycles. The van der Waals surface area contributed by atoms with E-state index in [0.29, 0.717) is 0 Å². The second-order valence-corrected chi connectivity index (χ2v) is 2.56. The van der Waals surface area contributed by atoms with Gasteiger partial charge >= 0.3 is 6.36 Å². The summed E-state index contributed by atoms with van der Waals surface area (Å²) in [7, 11) is 2.60. The highest BCUT2D eigenvalue weighted by Crippen LogP contribution is 2.34. The lowest BCUT2D eigenvalue weighted by atomic mass is 10.3. The minimum absolute atomic E-state index is 0.00637. The lowest BCUT2D eigenvalue weighted by Crippen LogP contribution is -2.17. The summed E-state index contributed by atoms with van der Waals surface area (Å²) < 4.78 is 49.2. The largest absolute Gasteiger partial charge is 0.573 e. The van der Waals surface area contributed by atoms with Gasteiger partial charge in [-0.1, -0.05) is 0 Å². The Balaban J connectivity index is 3.01. The van der Waals surface area contributed by atoms with Crippen LogP contribution < -0.4 is 14.2 Å². The van der Waals surface area contributed by atoms with Gasteiger partial charge in [-0.05, 0) is 12.1 Å². The van der Waals surface area contributed by atoms with Crippen molar-refractivity contribution in [3.8, 4) is 17.2 Å². The van der Waals surface area contributed by atoms with E-state index in [1.54, 1.807) is 0 Å². The molecule has 0 aliphatic heterocycles. The number of hydrogen-bond donors (Lipinski definition) is 0. The summed E-state index contributed by atoms with van der Waals surface area (Å²) in [6, 6.07) is 3.91. The van der Waals surface area contributed by atoms with Crippen LogP contribution in [0, 0.1) is 0 Å². The van der Waals surface area contributed by atoms with Gasteiger partial charge in [-0.25, -0.2) is 0 Å². The number of halogens is 3. The fourth-order valence-corrected chi connectivity index (χ4v) is 0.988. The van der Waals surface area contributed by atoms with Gasteiger partial charge in [-0.3, -0.25) is 0 Å². The van der Waals surface area contributed by atoms with Crippen LogP contribution in [0.1, 0.15) is 0 Å². The summed E-state index contributed by atoms with van der Waals surface area (Å²) >= 11 is 0. The average Bonchev–Trinajstić information content (AvgIpc) is 2.15. The van der Waals surface area contributed by atoms with Crippen LogP contribution in [0.15, 0.2) is 18.2 Å². The van der Waals surface area contributed by atoms with Crippen molar-refractivity contribution in [3.63, 3.8) is 0 Å². The van der Waals surface area contributed by atoms with Gasteiger partial charge in [0.2, 0.25) is 0 Å². The van der Waals surface area contributed by atoms with E-state index < -0.39 is 12.1 Å². The van der Waals surface area contributed by atoms with E-state index in [-0.39, 0.29) is 11.5 Å². The van der Waals surface area contributed by atoms with Crippen molar-refractivity contribution >= 4 is 0 Å². The maximum atomic E-state index is 12.0. The summed E-state index contributed by atoms with van der Waals surface area (Å²) in [5, 5.41) is 0. The lowest BCUT2D eigenvalue weighted by Gasteiger charge is -2.13. The molecule has 0 fully saturated rings. The van der Waals surface area contributed by atoms with Crippen molar-refractivity contribution in [2.45, 2.75) is 6.36 Å². The predicted octanol–water partition coefficient (Wildman–Crippen LogP) is 2.60. The Bertz CT molecular complexity index is 336. The van der Waals surface area contributed by atoms with Gasteiger partial charge in [0.05, 0.1) is 14.2 Å². The maximum Gasteiger partial charge on any atom is 0.573 e. The van der Waals surface area contributed by atoms with Crippen molar-refractivity contribution in [2.24, 2.45) is 0 Å². The molecule has 0 aliphatic rings. The zero-order chi connectivity index (χ0) is 11.5. The molecular formula is C9H9F3O3. The number of ether oxygens (including phenoxy) is 3. The Morgan fingerprint density at radius 1 is 1.00 bits per heavy atom. The highest BCUT2D eigenvalue weighted by molar-refractivity contribution is 5.45. The first-order chi connectivity index (χ1) is 6.96. The second-order valence-electron chi connectivity index (χ2n) is 2.56. The Morgan fingerprint density at radius 3 is 2.13 bits per heavy atom. The molecule has 0 aliphatic carbocycles. The van der Waals surface area contributed by atoms with Crippen molar-refractivity contribution in [1.82, 2.24) is 0 Å². The molecule has 0 unspecified atom stereocenters.